The van der Waals surface area contributed by atoms with Crippen molar-refractivity contribution in [2.75, 3.05) is 19.7 Å². The van der Waals surface area contributed by atoms with Gasteiger partial charge in [0.15, 0.2) is 0 Å². The molecule has 0 aromatic carbocycles. The molecule has 1 aromatic rings. The summed E-state index contributed by atoms with van der Waals surface area (Å²) in [6, 6.07) is 5.93. The lowest BCUT2D eigenvalue weighted by Gasteiger charge is -2.22. The van der Waals surface area contributed by atoms with Gasteiger partial charge in [0, 0.05) is 12.8 Å². The molecule has 0 bridgehead atoms. The number of nitrogens with one attached hydrogen (secondary N) is 1. The lowest BCUT2D eigenvalue weighted by Crippen LogP contribution is -2.29. The highest BCUT2D eigenvalue weighted by atomic mass is 16.5. The van der Waals surface area contributed by atoms with Gasteiger partial charge >= 0.3 is 0 Å². The van der Waals surface area contributed by atoms with Crippen molar-refractivity contribution in [1.29, 1.82) is 0 Å². The molecule has 1 aliphatic rings. The molecule has 1 aliphatic heterocycles. The van der Waals surface area contributed by atoms with Crippen molar-refractivity contribution in [3.05, 3.63) is 30.1 Å². The Hall–Kier alpha value is -0.930. The second-order valence-corrected chi connectivity index (χ2v) is 4.73. The molecule has 1 saturated heterocycles. The molecule has 17 heavy (non-hydrogen) atoms. The van der Waals surface area contributed by atoms with Crippen molar-refractivity contribution in [2.24, 2.45) is 5.92 Å². The third kappa shape index (κ3) is 4.84. The molecule has 0 aliphatic carbocycles. The van der Waals surface area contributed by atoms with Gasteiger partial charge in [-0.05, 0) is 56.8 Å². The number of hydrogen-bond donors (Lipinski definition) is 1. The maximum Gasteiger partial charge on any atom is 0.0887 e. The van der Waals surface area contributed by atoms with E-state index < -0.39 is 0 Å². The lowest BCUT2D eigenvalue weighted by atomic mass is 9.95. The summed E-state index contributed by atoms with van der Waals surface area (Å²) in [5, 5.41) is 3.45. The molecule has 0 radical (unpaired) electrons. The minimum absolute atomic E-state index is 0.643. The molecule has 1 fully saturated rings. The average Bonchev–Trinajstić information content (AvgIpc) is 2.41. The summed E-state index contributed by atoms with van der Waals surface area (Å²) in [6.45, 7) is 3.89. The molecule has 0 unspecified atom stereocenters. The van der Waals surface area contributed by atoms with Gasteiger partial charge in [-0.2, -0.15) is 0 Å². The first-order valence-corrected chi connectivity index (χ1v) is 6.63. The topological polar surface area (TPSA) is 34.1 Å². The number of rotatable bonds is 6. The summed E-state index contributed by atoms with van der Waals surface area (Å²) >= 11 is 0. The van der Waals surface area contributed by atoms with Crippen LogP contribution < -0.4 is 5.32 Å². The second-order valence-electron chi connectivity index (χ2n) is 4.73. The fourth-order valence-corrected chi connectivity index (χ4v) is 2.30. The van der Waals surface area contributed by atoms with Crippen LogP contribution in [0, 0.1) is 5.92 Å². The summed E-state index contributed by atoms with van der Waals surface area (Å²) in [4.78, 5) is 4.23. The zero-order valence-electron chi connectivity index (χ0n) is 10.4. The number of piperidine rings is 1. The van der Waals surface area contributed by atoms with Crippen molar-refractivity contribution in [1.82, 2.24) is 10.3 Å². The fourth-order valence-electron chi connectivity index (χ4n) is 2.30. The van der Waals surface area contributed by atoms with Crippen LogP contribution in [0.2, 0.25) is 0 Å². The first-order valence-electron chi connectivity index (χ1n) is 6.63. The predicted molar refractivity (Wildman–Crippen MR) is 68.7 cm³/mol. The number of ether oxygens (including phenoxy) is 1. The van der Waals surface area contributed by atoms with Crippen molar-refractivity contribution < 1.29 is 4.74 Å². The predicted octanol–water partition coefficient (Wildman–Crippen LogP) is 2.38. The molecule has 1 aromatic heterocycles. The Morgan fingerprint density at radius 1 is 1.41 bits per heavy atom. The SMILES string of the molecule is c1ccc(COCCC[C@@H]2CCCNC2)nc1. The van der Waals surface area contributed by atoms with Gasteiger partial charge in [0.2, 0.25) is 0 Å². The quantitative estimate of drug-likeness (QED) is 0.767. The molecule has 1 atom stereocenters. The molecule has 94 valence electrons. The summed E-state index contributed by atoms with van der Waals surface area (Å²) in [5.41, 5.74) is 1.02. The van der Waals surface area contributed by atoms with Crippen molar-refractivity contribution in [3.8, 4) is 0 Å². The average molecular weight is 234 g/mol. The van der Waals surface area contributed by atoms with E-state index in [0.717, 1.165) is 18.2 Å². The van der Waals surface area contributed by atoms with Gasteiger partial charge in [0.05, 0.1) is 12.3 Å². The van der Waals surface area contributed by atoms with Gasteiger partial charge < -0.3 is 10.1 Å². The van der Waals surface area contributed by atoms with Crippen LogP contribution in [0.3, 0.4) is 0 Å². The summed E-state index contributed by atoms with van der Waals surface area (Å²) in [5.74, 6) is 0.863. The Morgan fingerprint density at radius 2 is 2.41 bits per heavy atom. The molecule has 0 saturated carbocycles. The standard InChI is InChI=1S/C14H22N2O/c1-2-9-16-14(7-1)12-17-10-4-6-13-5-3-8-15-11-13/h1-2,7,9,13,15H,3-6,8,10-12H2/t13-/m0/s1. The van der Waals surface area contributed by atoms with E-state index in [1.54, 1.807) is 0 Å². The maximum absolute atomic E-state index is 5.63. The van der Waals surface area contributed by atoms with Crippen LogP contribution in [0.5, 0.6) is 0 Å². The Morgan fingerprint density at radius 3 is 3.18 bits per heavy atom. The van der Waals surface area contributed by atoms with Gasteiger partial charge in [-0.1, -0.05) is 6.07 Å². The second kappa shape index (κ2) is 7.41. The molecule has 3 heteroatoms. The van der Waals surface area contributed by atoms with Gasteiger partial charge in [0.25, 0.3) is 0 Å². The largest absolute Gasteiger partial charge is 0.375 e. The minimum Gasteiger partial charge on any atom is -0.375 e. The van der Waals surface area contributed by atoms with Crippen LogP contribution in [0.4, 0.5) is 0 Å². The zero-order valence-corrected chi connectivity index (χ0v) is 10.4. The lowest BCUT2D eigenvalue weighted by molar-refractivity contribution is 0.110. The van der Waals surface area contributed by atoms with E-state index in [4.69, 9.17) is 4.74 Å². The van der Waals surface area contributed by atoms with Crippen molar-refractivity contribution in [3.63, 3.8) is 0 Å². The van der Waals surface area contributed by atoms with E-state index in [9.17, 15) is 0 Å². The van der Waals surface area contributed by atoms with E-state index in [-0.39, 0.29) is 0 Å². The van der Waals surface area contributed by atoms with E-state index in [1.807, 2.05) is 24.4 Å². The Bertz CT molecular complexity index is 296. The van der Waals surface area contributed by atoms with Gasteiger partial charge in [0.1, 0.15) is 0 Å². The molecule has 0 amide bonds. The van der Waals surface area contributed by atoms with E-state index >= 15 is 0 Å². The molecular formula is C14H22N2O. The molecule has 0 spiro atoms. The highest BCUT2D eigenvalue weighted by Crippen LogP contribution is 2.15. The van der Waals surface area contributed by atoms with Crippen LogP contribution in [0.1, 0.15) is 31.4 Å². The molecular weight excluding hydrogens is 212 g/mol. The van der Waals surface area contributed by atoms with Crippen LogP contribution in [0.15, 0.2) is 24.4 Å². The van der Waals surface area contributed by atoms with Crippen LogP contribution >= 0.6 is 0 Å². The maximum atomic E-state index is 5.63. The number of hydrogen-bond acceptors (Lipinski definition) is 3. The van der Waals surface area contributed by atoms with Crippen LogP contribution in [0.25, 0.3) is 0 Å². The third-order valence-corrected chi connectivity index (χ3v) is 3.28. The fraction of sp³-hybridized carbons (Fsp3) is 0.643. The number of aromatic nitrogens is 1. The minimum atomic E-state index is 0.643. The van der Waals surface area contributed by atoms with Gasteiger partial charge in [-0.3, -0.25) is 4.98 Å². The smallest absolute Gasteiger partial charge is 0.0887 e. The summed E-state index contributed by atoms with van der Waals surface area (Å²) in [7, 11) is 0. The highest BCUT2D eigenvalue weighted by Gasteiger charge is 2.11. The van der Waals surface area contributed by atoms with Crippen LogP contribution in [-0.4, -0.2) is 24.7 Å². The first-order chi connectivity index (χ1) is 8.45. The molecule has 1 N–H and O–H groups in total. The van der Waals surface area contributed by atoms with E-state index in [1.165, 1.54) is 38.8 Å². The van der Waals surface area contributed by atoms with E-state index in [0.29, 0.717) is 6.61 Å². The van der Waals surface area contributed by atoms with E-state index in [2.05, 4.69) is 10.3 Å². The first kappa shape index (κ1) is 12.5. The number of pyridine rings is 1. The van der Waals surface area contributed by atoms with Gasteiger partial charge in [-0.25, -0.2) is 0 Å². The Labute approximate surface area is 104 Å². The molecule has 2 rings (SSSR count). The highest BCUT2D eigenvalue weighted by molar-refractivity contribution is 5.01. The Balaban J connectivity index is 1.51. The van der Waals surface area contributed by atoms with Gasteiger partial charge in [-0.15, -0.1) is 0 Å². The summed E-state index contributed by atoms with van der Waals surface area (Å²) < 4.78 is 5.63. The van der Waals surface area contributed by atoms with Crippen LogP contribution in [-0.2, 0) is 11.3 Å². The third-order valence-electron chi connectivity index (χ3n) is 3.28. The summed E-state index contributed by atoms with van der Waals surface area (Å²) in [6.07, 6.45) is 6.98. The molecule has 3 nitrogen and oxygen atoms in total. The Kier molecular flexibility index (Phi) is 5.46. The number of nitrogens with zero attached hydrogens (tertiary/aromatic N) is 1. The molecule has 2 heterocycles. The van der Waals surface area contributed by atoms with Crippen molar-refractivity contribution >= 4 is 0 Å². The van der Waals surface area contributed by atoms with Crippen molar-refractivity contribution in [2.45, 2.75) is 32.3 Å². The zero-order chi connectivity index (χ0) is 11.8. The monoisotopic (exact) mass is 234 g/mol. The normalized spacial score (nSPS) is 20.4.